The summed E-state index contributed by atoms with van der Waals surface area (Å²) in [7, 11) is 3.41. The highest BCUT2D eigenvalue weighted by molar-refractivity contribution is 6.36. The average molecular weight is 395 g/mol. The van der Waals surface area contributed by atoms with Gasteiger partial charge in [-0.05, 0) is 40.8 Å². The number of hydrogen-bond acceptors (Lipinski definition) is 3. The highest BCUT2D eigenvalue weighted by atomic mass is 35.5. The summed E-state index contributed by atoms with van der Waals surface area (Å²) in [6, 6.07) is 9.20. The number of nitrogens with zero attached hydrogens (tertiary/aromatic N) is 1. The number of anilines is 1. The van der Waals surface area contributed by atoms with Crippen LogP contribution in [0.1, 0.15) is 36.5 Å². The second-order valence-electron chi connectivity index (χ2n) is 6.64. The third kappa shape index (κ3) is 4.83. The van der Waals surface area contributed by atoms with Crippen molar-refractivity contribution in [3.05, 3.63) is 57.1 Å². The van der Waals surface area contributed by atoms with Crippen LogP contribution in [0, 0.1) is 0 Å². The standard InChI is InChI=1S/C20H24Cl2N2O2/c1-12(2)15-7-13(5-6-19(15)25)8-16-17(21)9-14(10-18(16)22)24(4)11-20(26)23-3/h5-7,9-10,12,25H,8,11H2,1-4H3,(H,23,26). The van der Waals surface area contributed by atoms with Gasteiger partial charge in [-0.15, -0.1) is 0 Å². The van der Waals surface area contributed by atoms with Gasteiger partial charge in [0.2, 0.25) is 5.91 Å². The first-order valence-corrected chi connectivity index (χ1v) is 9.20. The van der Waals surface area contributed by atoms with Crippen LogP contribution in [0.5, 0.6) is 5.75 Å². The van der Waals surface area contributed by atoms with E-state index in [1.807, 2.05) is 45.2 Å². The minimum Gasteiger partial charge on any atom is -0.508 e. The van der Waals surface area contributed by atoms with Gasteiger partial charge in [-0.25, -0.2) is 0 Å². The maximum atomic E-state index is 11.5. The minimum atomic E-state index is -0.0888. The number of rotatable bonds is 6. The second kappa shape index (κ2) is 8.65. The van der Waals surface area contributed by atoms with Gasteiger partial charge >= 0.3 is 0 Å². The van der Waals surface area contributed by atoms with Gasteiger partial charge in [0.05, 0.1) is 6.54 Å². The van der Waals surface area contributed by atoms with Crippen molar-refractivity contribution in [3.8, 4) is 5.75 Å². The molecule has 0 aliphatic rings. The van der Waals surface area contributed by atoms with Crippen LogP contribution < -0.4 is 10.2 Å². The van der Waals surface area contributed by atoms with E-state index < -0.39 is 0 Å². The van der Waals surface area contributed by atoms with Gasteiger partial charge in [-0.1, -0.05) is 49.2 Å². The monoisotopic (exact) mass is 394 g/mol. The van der Waals surface area contributed by atoms with E-state index in [1.54, 1.807) is 18.0 Å². The van der Waals surface area contributed by atoms with E-state index in [0.717, 1.165) is 22.4 Å². The van der Waals surface area contributed by atoms with E-state index in [2.05, 4.69) is 5.32 Å². The van der Waals surface area contributed by atoms with Crippen molar-refractivity contribution in [1.29, 1.82) is 0 Å². The van der Waals surface area contributed by atoms with Crippen LogP contribution in [0.3, 0.4) is 0 Å². The Morgan fingerprint density at radius 2 is 1.81 bits per heavy atom. The highest BCUT2D eigenvalue weighted by Crippen LogP contribution is 2.34. The van der Waals surface area contributed by atoms with Crippen LogP contribution >= 0.6 is 23.2 Å². The van der Waals surface area contributed by atoms with Crippen LogP contribution in [0.2, 0.25) is 10.0 Å². The van der Waals surface area contributed by atoms with E-state index in [1.165, 1.54) is 0 Å². The van der Waals surface area contributed by atoms with Gasteiger partial charge in [-0.3, -0.25) is 4.79 Å². The molecule has 0 bridgehead atoms. The fourth-order valence-corrected chi connectivity index (χ4v) is 3.35. The molecule has 2 rings (SSSR count). The molecule has 2 aromatic rings. The Morgan fingerprint density at radius 3 is 2.35 bits per heavy atom. The molecule has 0 heterocycles. The van der Waals surface area contributed by atoms with Gasteiger partial charge in [0.15, 0.2) is 0 Å². The number of benzene rings is 2. The first-order chi connectivity index (χ1) is 12.2. The molecule has 0 atom stereocenters. The number of amides is 1. The lowest BCUT2D eigenvalue weighted by Crippen LogP contribution is -2.32. The summed E-state index contributed by atoms with van der Waals surface area (Å²) in [5, 5.41) is 13.7. The minimum absolute atomic E-state index is 0.0888. The number of likely N-dealkylation sites (N-methyl/N-ethyl adjacent to an activating group) is 2. The predicted molar refractivity (Wildman–Crippen MR) is 109 cm³/mol. The predicted octanol–water partition coefficient (Wildman–Crippen LogP) is 4.60. The maximum absolute atomic E-state index is 11.5. The van der Waals surface area contributed by atoms with Gasteiger partial charge in [-0.2, -0.15) is 0 Å². The normalized spacial score (nSPS) is 10.9. The number of hydrogen-bond donors (Lipinski definition) is 2. The van der Waals surface area contributed by atoms with Crippen molar-refractivity contribution in [3.63, 3.8) is 0 Å². The van der Waals surface area contributed by atoms with E-state index in [9.17, 15) is 9.90 Å². The molecule has 140 valence electrons. The molecule has 1 amide bonds. The fraction of sp³-hybridized carbons (Fsp3) is 0.350. The van der Waals surface area contributed by atoms with E-state index in [0.29, 0.717) is 22.2 Å². The quantitative estimate of drug-likeness (QED) is 0.752. The Kier molecular flexibility index (Phi) is 6.79. The largest absolute Gasteiger partial charge is 0.508 e. The molecule has 2 aromatic carbocycles. The smallest absolute Gasteiger partial charge is 0.239 e. The molecule has 0 aliphatic carbocycles. The topological polar surface area (TPSA) is 52.6 Å². The van der Waals surface area contributed by atoms with Crippen LogP contribution in [-0.2, 0) is 11.2 Å². The number of aromatic hydroxyl groups is 1. The van der Waals surface area contributed by atoms with Crippen LogP contribution in [0.4, 0.5) is 5.69 Å². The number of nitrogens with one attached hydrogen (secondary N) is 1. The molecular weight excluding hydrogens is 371 g/mol. The maximum Gasteiger partial charge on any atom is 0.239 e. The third-order valence-electron chi connectivity index (χ3n) is 4.32. The second-order valence-corrected chi connectivity index (χ2v) is 7.46. The van der Waals surface area contributed by atoms with Crippen LogP contribution in [-0.4, -0.2) is 31.7 Å². The Bertz CT molecular complexity index is 783. The van der Waals surface area contributed by atoms with E-state index in [4.69, 9.17) is 23.2 Å². The number of halogens is 2. The molecule has 0 spiro atoms. The van der Waals surface area contributed by atoms with Crippen molar-refractivity contribution in [2.75, 3.05) is 25.5 Å². The molecule has 0 saturated carbocycles. The molecule has 0 radical (unpaired) electrons. The van der Waals surface area contributed by atoms with Gasteiger partial charge in [0, 0.05) is 36.2 Å². The summed E-state index contributed by atoms with van der Waals surface area (Å²) in [6.07, 6.45) is 0.567. The average Bonchev–Trinajstić information content (AvgIpc) is 2.58. The van der Waals surface area contributed by atoms with Crippen molar-refractivity contribution >= 4 is 34.8 Å². The Morgan fingerprint density at radius 1 is 1.19 bits per heavy atom. The number of carbonyl (C=O) groups excluding carboxylic acids is 1. The lowest BCUT2D eigenvalue weighted by atomic mass is 9.96. The molecule has 0 aromatic heterocycles. The fourth-order valence-electron chi connectivity index (χ4n) is 2.75. The zero-order valence-corrected chi connectivity index (χ0v) is 16.9. The van der Waals surface area contributed by atoms with Crippen LogP contribution in [0.15, 0.2) is 30.3 Å². The molecule has 0 unspecified atom stereocenters. The highest BCUT2D eigenvalue weighted by Gasteiger charge is 2.14. The summed E-state index contributed by atoms with van der Waals surface area (Å²) < 4.78 is 0. The number of phenolic OH excluding ortho intramolecular Hbond substituents is 1. The molecule has 4 nitrogen and oxygen atoms in total. The summed E-state index contributed by atoms with van der Waals surface area (Å²) in [4.78, 5) is 13.3. The molecule has 0 fully saturated rings. The summed E-state index contributed by atoms with van der Waals surface area (Å²) >= 11 is 12.9. The summed E-state index contributed by atoms with van der Waals surface area (Å²) in [5.74, 6) is 0.433. The number of carbonyl (C=O) groups is 1. The van der Waals surface area contributed by atoms with Crippen LogP contribution in [0.25, 0.3) is 0 Å². The zero-order valence-electron chi connectivity index (χ0n) is 15.4. The van der Waals surface area contributed by atoms with Gasteiger partial charge in [0.1, 0.15) is 5.75 Å². The first kappa shape index (κ1) is 20.4. The SMILES string of the molecule is CNC(=O)CN(C)c1cc(Cl)c(Cc2ccc(O)c(C(C)C)c2)c(Cl)c1. The van der Waals surface area contributed by atoms with Crippen molar-refractivity contribution < 1.29 is 9.90 Å². The Labute approximate surface area is 164 Å². The lowest BCUT2D eigenvalue weighted by molar-refractivity contribution is -0.119. The molecule has 26 heavy (non-hydrogen) atoms. The Balaban J connectivity index is 2.29. The zero-order chi connectivity index (χ0) is 19.4. The van der Waals surface area contributed by atoms with Crippen molar-refractivity contribution in [1.82, 2.24) is 5.32 Å². The summed E-state index contributed by atoms with van der Waals surface area (Å²) in [5.41, 5.74) is 3.53. The molecule has 6 heteroatoms. The molecule has 2 N–H and O–H groups in total. The van der Waals surface area contributed by atoms with Gasteiger partial charge < -0.3 is 15.3 Å². The Hall–Kier alpha value is -1.91. The number of phenols is 1. The molecular formula is C20H24Cl2N2O2. The summed E-state index contributed by atoms with van der Waals surface area (Å²) in [6.45, 7) is 4.30. The van der Waals surface area contributed by atoms with Crippen molar-refractivity contribution in [2.24, 2.45) is 0 Å². The van der Waals surface area contributed by atoms with Gasteiger partial charge in [0.25, 0.3) is 0 Å². The van der Waals surface area contributed by atoms with Crippen molar-refractivity contribution in [2.45, 2.75) is 26.2 Å². The molecule has 0 saturated heterocycles. The van der Waals surface area contributed by atoms with E-state index in [-0.39, 0.29) is 18.4 Å². The lowest BCUT2D eigenvalue weighted by Gasteiger charge is -2.20. The first-order valence-electron chi connectivity index (χ1n) is 8.44. The molecule has 0 aliphatic heterocycles. The van der Waals surface area contributed by atoms with E-state index >= 15 is 0 Å². The third-order valence-corrected chi connectivity index (χ3v) is 5.00.